The number of thiazole rings is 1. The van der Waals surface area contributed by atoms with Crippen LogP contribution in [0.15, 0.2) is 10.9 Å². The summed E-state index contributed by atoms with van der Waals surface area (Å²) < 4.78 is 1.87. The Labute approximate surface area is 166 Å². The Balaban J connectivity index is 0.000000330. The zero-order chi connectivity index (χ0) is 20.1. The largest absolute Gasteiger partial charge is 0.473 e. The molecule has 28 heavy (non-hydrogen) atoms. The zero-order valence-electron chi connectivity index (χ0n) is 15.7. The maximum atomic E-state index is 12.6. The summed E-state index contributed by atoms with van der Waals surface area (Å²) in [5, 5.41) is 14.8. The van der Waals surface area contributed by atoms with Gasteiger partial charge in [-0.25, -0.2) is 14.6 Å². The smallest absolute Gasteiger partial charge is 0.414 e. The highest BCUT2D eigenvalue weighted by Crippen LogP contribution is 2.28. The average Bonchev–Trinajstić information content (AvgIpc) is 2.83. The second-order valence-corrected chi connectivity index (χ2v) is 8.25. The summed E-state index contributed by atoms with van der Waals surface area (Å²) in [6.45, 7) is 3.11. The van der Waals surface area contributed by atoms with Gasteiger partial charge in [-0.05, 0) is 51.6 Å². The molecule has 0 saturated carbocycles. The first-order chi connectivity index (χ1) is 13.5. The third kappa shape index (κ3) is 4.96. The lowest BCUT2D eigenvalue weighted by molar-refractivity contribution is -0.159. The van der Waals surface area contributed by atoms with E-state index in [-0.39, 0.29) is 5.56 Å². The lowest BCUT2D eigenvalue weighted by Gasteiger charge is -2.18. The fraction of sp³-hybridized carbons (Fsp3) is 0.579. The minimum atomic E-state index is -1.82. The third-order valence-electron chi connectivity index (χ3n) is 5.08. The molecule has 4 rings (SSSR count). The maximum absolute atomic E-state index is 12.6. The number of aromatic nitrogens is 2. The van der Waals surface area contributed by atoms with Gasteiger partial charge in [0, 0.05) is 23.2 Å². The van der Waals surface area contributed by atoms with Crippen molar-refractivity contribution in [3.8, 4) is 0 Å². The molecule has 0 atom stereocenters. The van der Waals surface area contributed by atoms with Crippen molar-refractivity contribution in [1.29, 1.82) is 0 Å². The van der Waals surface area contributed by atoms with Gasteiger partial charge in [-0.15, -0.1) is 11.3 Å². The highest BCUT2D eigenvalue weighted by atomic mass is 32.1. The molecule has 0 bridgehead atoms. The molecule has 8 nitrogen and oxygen atoms in total. The van der Waals surface area contributed by atoms with Gasteiger partial charge in [0.2, 0.25) is 0 Å². The minimum Gasteiger partial charge on any atom is -0.473 e. The highest BCUT2D eigenvalue weighted by molar-refractivity contribution is 7.17. The van der Waals surface area contributed by atoms with Crippen LogP contribution in [0.4, 0.5) is 0 Å². The topological polar surface area (TPSA) is 112 Å². The number of carboxylic acids is 2. The van der Waals surface area contributed by atoms with Crippen molar-refractivity contribution in [2.45, 2.75) is 57.9 Å². The summed E-state index contributed by atoms with van der Waals surface area (Å²) >= 11 is 1.73. The molecule has 0 amide bonds. The van der Waals surface area contributed by atoms with Crippen LogP contribution in [-0.2, 0) is 29.0 Å². The van der Waals surface area contributed by atoms with Crippen molar-refractivity contribution >= 4 is 28.2 Å². The Morgan fingerprint density at radius 3 is 2.29 bits per heavy atom. The molecule has 9 heteroatoms. The van der Waals surface area contributed by atoms with Crippen molar-refractivity contribution in [3.63, 3.8) is 0 Å². The van der Waals surface area contributed by atoms with Crippen LogP contribution in [0.25, 0.3) is 4.96 Å². The fourth-order valence-corrected chi connectivity index (χ4v) is 4.98. The van der Waals surface area contributed by atoms with Gasteiger partial charge in [-0.3, -0.25) is 14.1 Å². The van der Waals surface area contributed by atoms with Crippen molar-refractivity contribution in [2.75, 3.05) is 13.1 Å². The van der Waals surface area contributed by atoms with Crippen LogP contribution in [0.5, 0.6) is 0 Å². The van der Waals surface area contributed by atoms with Crippen LogP contribution in [0.3, 0.4) is 0 Å². The summed E-state index contributed by atoms with van der Waals surface area (Å²) in [6.07, 6.45) is 9.80. The minimum absolute atomic E-state index is 0.120. The van der Waals surface area contributed by atoms with E-state index in [4.69, 9.17) is 24.8 Å². The van der Waals surface area contributed by atoms with Gasteiger partial charge in [0.1, 0.15) is 0 Å². The van der Waals surface area contributed by atoms with Crippen molar-refractivity contribution in [2.24, 2.45) is 0 Å². The normalized spacial score (nSPS) is 17.3. The van der Waals surface area contributed by atoms with E-state index in [0.29, 0.717) is 0 Å². The average molecular weight is 407 g/mol. The highest BCUT2D eigenvalue weighted by Gasteiger charge is 2.19. The number of hydrogen-bond acceptors (Lipinski definition) is 6. The summed E-state index contributed by atoms with van der Waals surface area (Å²) in [4.78, 5) is 40.3. The Bertz CT molecular complexity index is 900. The van der Waals surface area contributed by atoms with E-state index in [1.807, 2.05) is 4.40 Å². The van der Waals surface area contributed by atoms with E-state index in [0.717, 1.165) is 43.1 Å². The number of carbonyl (C=O) groups is 2. The van der Waals surface area contributed by atoms with Crippen LogP contribution in [0.2, 0.25) is 0 Å². The zero-order valence-corrected chi connectivity index (χ0v) is 16.5. The summed E-state index contributed by atoms with van der Waals surface area (Å²) in [5.74, 6) is -3.65. The predicted octanol–water partition coefficient (Wildman–Crippen LogP) is 2.17. The van der Waals surface area contributed by atoms with E-state index in [2.05, 4.69) is 4.90 Å². The first-order valence-corrected chi connectivity index (χ1v) is 10.5. The molecule has 2 aromatic heterocycles. The molecule has 0 spiro atoms. The van der Waals surface area contributed by atoms with Crippen molar-refractivity contribution in [1.82, 2.24) is 14.3 Å². The van der Waals surface area contributed by atoms with E-state index in [1.54, 1.807) is 17.4 Å². The van der Waals surface area contributed by atoms with E-state index >= 15 is 0 Å². The first kappa shape index (κ1) is 20.5. The van der Waals surface area contributed by atoms with Crippen LogP contribution in [0, 0.1) is 0 Å². The predicted molar refractivity (Wildman–Crippen MR) is 105 cm³/mol. The molecule has 1 fully saturated rings. The molecule has 0 unspecified atom stereocenters. The third-order valence-corrected chi connectivity index (χ3v) is 6.22. The van der Waals surface area contributed by atoms with Gasteiger partial charge >= 0.3 is 11.9 Å². The number of rotatable bonds is 2. The van der Waals surface area contributed by atoms with Gasteiger partial charge in [0.05, 0.1) is 5.69 Å². The van der Waals surface area contributed by atoms with Gasteiger partial charge < -0.3 is 10.2 Å². The van der Waals surface area contributed by atoms with Gasteiger partial charge in [0.25, 0.3) is 5.56 Å². The molecule has 1 aliphatic carbocycles. The second kappa shape index (κ2) is 9.29. The molecule has 152 valence electrons. The Morgan fingerprint density at radius 1 is 1.00 bits per heavy atom. The molecule has 1 aliphatic heterocycles. The van der Waals surface area contributed by atoms with E-state index in [1.165, 1.54) is 49.1 Å². The van der Waals surface area contributed by atoms with Crippen LogP contribution >= 0.6 is 11.3 Å². The molecule has 2 aromatic rings. The molecular formula is C19H25N3O5S. The molecule has 3 heterocycles. The van der Waals surface area contributed by atoms with Gasteiger partial charge in [0.15, 0.2) is 4.96 Å². The van der Waals surface area contributed by atoms with Crippen LogP contribution < -0.4 is 5.56 Å². The van der Waals surface area contributed by atoms with Gasteiger partial charge in [-0.2, -0.15) is 0 Å². The lowest BCUT2D eigenvalue weighted by Crippen LogP contribution is -2.26. The molecule has 1 saturated heterocycles. The number of carboxylic acid groups (broad SMARTS) is 2. The molecular weight excluding hydrogens is 382 g/mol. The standard InChI is InChI=1S/C17H23N3OS.C2H2O4/c21-16-11-13(12-19-9-5-1-2-6-10-19)18-17-20(16)14-7-3-4-8-15(14)22-17;3-1(4)2(5)6/h11H,1-10,12H2;(H,3,4)(H,5,6). The number of aryl methyl sites for hydroxylation is 2. The molecule has 0 radical (unpaired) electrons. The molecule has 2 aliphatic rings. The number of fused-ring (bicyclic) bond motifs is 3. The quantitative estimate of drug-likeness (QED) is 0.734. The number of nitrogens with zero attached hydrogens (tertiary/aromatic N) is 3. The monoisotopic (exact) mass is 407 g/mol. The summed E-state index contributed by atoms with van der Waals surface area (Å²) in [6, 6.07) is 1.76. The molecule has 2 N–H and O–H groups in total. The Kier molecular flexibility index (Phi) is 6.79. The summed E-state index contributed by atoms with van der Waals surface area (Å²) in [5.41, 5.74) is 2.30. The van der Waals surface area contributed by atoms with Gasteiger partial charge in [-0.1, -0.05) is 12.8 Å². The Hall–Kier alpha value is -2.26. The van der Waals surface area contributed by atoms with Crippen LogP contribution in [0.1, 0.15) is 54.8 Å². The number of aliphatic carboxylic acids is 2. The fourth-order valence-electron chi connectivity index (χ4n) is 3.75. The number of likely N-dealkylation sites (tertiary alicyclic amines) is 1. The first-order valence-electron chi connectivity index (χ1n) is 9.67. The molecule has 0 aromatic carbocycles. The van der Waals surface area contributed by atoms with Crippen LogP contribution in [-0.4, -0.2) is 49.5 Å². The maximum Gasteiger partial charge on any atom is 0.414 e. The second-order valence-electron chi connectivity index (χ2n) is 7.18. The van der Waals surface area contributed by atoms with E-state index < -0.39 is 11.9 Å². The van der Waals surface area contributed by atoms with Crippen molar-refractivity contribution in [3.05, 3.63) is 32.7 Å². The SMILES string of the molecule is O=C(O)C(=O)O.O=c1cc(CN2CCCCCC2)nc2sc3c(n12)CCCC3. The van der Waals surface area contributed by atoms with Crippen molar-refractivity contribution < 1.29 is 19.8 Å². The summed E-state index contributed by atoms with van der Waals surface area (Å²) in [7, 11) is 0. The number of hydrogen-bond donors (Lipinski definition) is 2. The van der Waals surface area contributed by atoms with E-state index in [9.17, 15) is 4.79 Å². The Morgan fingerprint density at radius 2 is 1.64 bits per heavy atom. The lowest BCUT2D eigenvalue weighted by atomic mass is 10.0.